The molecule has 2 atom stereocenters. The van der Waals surface area contributed by atoms with Crippen LogP contribution in [0, 0.1) is 5.92 Å². The molecule has 3 heteroatoms. The van der Waals surface area contributed by atoms with E-state index in [-0.39, 0.29) is 5.60 Å². The van der Waals surface area contributed by atoms with Gasteiger partial charge in [-0.25, -0.2) is 0 Å². The molecular formula is C17H27NO2. The molecule has 112 valence electrons. The fraction of sp³-hybridized carbons (Fsp3) is 0.765. The molecule has 2 heterocycles. The Labute approximate surface area is 122 Å². The zero-order valence-corrected chi connectivity index (χ0v) is 12.6. The Hall–Kier alpha value is -0.800. The predicted molar refractivity (Wildman–Crippen MR) is 79.8 cm³/mol. The van der Waals surface area contributed by atoms with Crippen LogP contribution >= 0.6 is 0 Å². The van der Waals surface area contributed by atoms with Crippen molar-refractivity contribution in [1.29, 1.82) is 0 Å². The molecule has 0 amide bonds. The van der Waals surface area contributed by atoms with Gasteiger partial charge in [0.05, 0.1) is 11.9 Å². The summed E-state index contributed by atoms with van der Waals surface area (Å²) in [7, 11) is 0. The Morgan fingerprint density at radius 3 is 3.00 bits per heavy atom. The molecule has 0 bridgehead atoms. The van der Waals surface area contributed by atoms with Crippen molar-refractivity contribution < 1.29 is 9.15 Å². The molecule has 1 aliphatic heterocycles. The second-order valence-electron chi connectivity index (χ2n) is 6.42. The first-order valence-electron chi connectivity index (χ1n) is 8.21. The van der Waals surface area contributed by atoms with Crippen molar-refractivity contribution in [2.75, 3.05) is 13.2 Å². The number of aryl methyl sites for hydroxylation is 1. The minimum atomic E-state index is 0.251. The molecule has 2 unspecified atom stereocenters. The quantitative estimate of drug-likeness (QED) is 0.863. The van der Waals surface area contributed by atoms with Crippen LogP contribution in [0.2, 0.25) is 0 Å². The van der Waals surface area contributed by atoms with Crippen molar-refractivity contribution in [2.45, 2.75) is 63.5 Å². The SMILES string of the molecule is CCNC(CCc1ccco1)C1CCOC2(CCC2)C1. The lowest BCUT2D eigenvalue weighted by atomic mass is 9.70. The molecule has 3 nitrogen and oxygen atoms in total. The Morgan fingerprint density at radius 1 is 1.45 bits per heavy atom. The van der Waals surface area contributed by atoms with E-state index in [4.69, 9.17) is 9.15 Å². The van der Waals surface area contributed by atoms with Gasteiger partial charge in [-0.2, -0.15) is 0 Å². The zero-order valence-electron chi connectivity index (χ0n) is 12.6. The highest BCUT2D eigenvalue weighted by atomic mass is 16.5. The van der Waals surface area contributed by atoms with E-state index in [1.807, 2.05) is 6.07 Å². The van der Waals surface area contributed by atoms with E-state index in [1.54, 1.807) is 6.26 Å². The molecule has 2 fully saturated rings. The molecule has 1 aromatic heterocycles. The highest BCUT2D eigenvalue weighted by Crippen LogP contribution is 2.45. The van der Waals surface area contributed by atoms with Gasteiger partial charge < -0.3 is 14.5 Å². The highest BCUT2D eigenvalue weighted by molar-refractivity contribution is 5.00. The smallest absolute Gasteiger partial charge is 0.103 e. The molecule has 0 radical (unpaired) electrons. The molecule has 20 heavy (non-hydrogen) atoms. The van der Waals surface area contributed by atoms with Crippen molar-refractivity contribution in [1.82, 2.24) is 5.32 Å². The van der Waals surface area contributed by atoms with E-state index < -0.39 is 0 Å². The van der Waals surface area contributed by atoms with Crippen LogP contribution in [0.3, 0.4) is 0 Å². The summed E-state index contributed by atoms with van der Waals surface area (Å²) in [5.41, 5.74) is 0.251. The summed E-state index contributed by atoms with van der Waals surface area (Å²) in [4.78, 5) is 0. The predicted octanol–water partition coefficient (Wildman–Crippen LogP) is 3.54. The summed E-state index contributed by atoms with van der Waals surface area (Å²) < 4.78 is 11.5. The number of rotatable bonds is 6. The molecule has 2 aliphatic rings. The van der Waals surface area contributed by atoms with E-state index in [1.165, 1.54) is 38.5 Å². The van der Waals surface area contributed by atoms with Crippen LogP contribution in [0.5, 0.6) is 0 Å². The minimum absolute atomic E-state index is 0.251. The summed E-state index contributed by atoms with van der Waals surface area (Å²) in [5, 5.41) is 3.70. The molecule has 1 saturated heterocycles. The van der Waals surface area contributed by atoms with E-state index in [0.717, 1.165) is 31.3 Å². The summed E-state index contributed by atoms with van der Waals surface area (Å²) >= 11 is 0. The third-order valence-electron chi connectivity index (χ3n) is 5.11. The molecule has 3 rings (SSSR count). The molecule has 1 aromatic rings. The first-order chi connectivity index (χ1) is 9.81. The van der Waals surface area contributed by atoms with Gasteiger partial charge in [-0.15, -0.1) is 0 Å². The summed E-state index contributed by atoms with van der Waals surface area (Å²) in [5.74, 6) is 1.87. The van der Waals surface area contributed by atoms with Gasteiger partial charge in [0.25, 0.3) is 0 Å². The molecular weight excluding hydrogens is 250 g/mol. The van der Waals surface area contributed by atoms with Crippen molar-refractivity contribution >= 4 is 0 Å². The average molecular weight is 277 g/mol. The second-order valence-corrected chi connectivity index (χ2v) is 6.42. The molecule has 1 aliphatic carbocycles. The van der Waals surface area contributed by atoms with Crippen LogP contribution in [0.4, 0.5) is 0 Å². The zero-order chi connectivity index (χ0) is 13.8. The van der Waals surface area contributed by atoms with Gasteiger partial charge >= 0.3 is 0 Å². The first kappa shape index (κ1) is 14.2. The van der Waals surface area contributed by atoms with Gasteiger partial charge in [0.1, 0.15) is 5.76 Å². The molecule has 1 N–H and O–H groups in total. The topological polar surface area (TPSA) is 34.4 Å². The van der Waals surface area contributed by atoms with Crippen LogP contribution in [0.15, 0.2) is 22.8 Å². The lowest BCUT2D eigenvalue weighted by Gasteiger charge is -2.49. The van der Waals surface area contributed by atoms with Gasteiger partial charge in [0.2, 0.25) is 0 Å². The Bertz CT molecular complexity index is 397. The van der Waals surface area contributed by atoms with Gasteiger partial charge in [0.15, 0.2) is 0 Å². The highest BCUT2D eigenvalue weighted by Gasteiger charge is 2.44. The lowest BCUT2D eigenvalue weighted by Crippen LogP contribution is -2.50. The largest absolute Gasteiger partial charge is 0.469 e. The summed E-state index contributed by atoms with van der Waals surface area (Å²) in [6, 6.07) is 4.67. The standard InChI is InChI=1S/C17H27NO2/c1-2-18-16(7-6-15-5-3-11-19-15)14-8-12-20-17(13-14)9-4-10-17/h3,5,11,14,16,18H,2,4,6-10,12-13H2,1H3. The fourth-order valence-electron chi connectivity index (χ4n) is 3.85. The number of furan rings is 1. The van der Waals surface area contributed by atoms with Crippen molar-refractivity contribution in [3.8, 4) is 0 Å². The maximum atomic E-state index is 6.06. The number of hydrogen-bond donors (Lipinski definition) is 1. The number of hydrogen-bond acceptors (Lipinski definition) is 3. The maximum absolute atomic E-state index is 6.06. The molecule has 0 aromatic carbocycles. The van der Waals surface area contributed by atoms with Gasteiger partial charge in [-0.3, -0.25) is 0 Å². The summed E-state index contributed by atoms with van der Waals surface area (Å²) in [6.45, 7) is 4.21. The Kier molecular flexibility index (Phi) is 4.47. The Balaban J connectivity index is 1.57. The van der Waals surface area contributed by atoms with Crippen LogP contribution in [0.25, 0.3) is 0 Å². The van der Waals surface area contributed by atoms with Crippen LogP contribution in [0.1, 0.15) is 51.2 Å². The fourth-order valence-corrected chi connectivity index (χ4v) is 3.85. The third-order valence-corrected chi connectivity index (χ3v) is 5.11. The van der Waals surface area contributed by atoms with Crippen LogP contribution in [-0.4, -0.2) is 24.8 Å². The third kappa shape index (κ3) is 3.09. The van der Waals surface area contributed by atoms with Crippen molar-refractivity contribution in [2.24, 2.45) is 5.92 Å². The normalized spacial score (nSPS) is 26.4. The van der Waals surface area contributed by atoms with E-state index in [9.17, 15) is 0 Å². The molecule has 1 spiro atoms. The van der Waals surface area contributed by atoms with E-state index in [2.05, 4.69) is 18.3 Å². The van der Waals surface area contributed by atoms with Gasteiger partial charge in [-0.05, 0) is 63.1 Å². The number of ether oxygens (including phenoxy) is 1. The lowest BCUT2D eigenvalue weighted by molar-refractivity contribution is -0.147. The number of nitrogens with one attached hydrogen (secondary N) is 1. The van der Waals surface area contributed by atoms with Gasteiger partial charge in [-0.1, -0.05) is 6.92 Å². The Morgan fingerprint density at radius 2 is 2.35 bits per heavy atom. The minimum Gasteiger partial charge on any atom is -0.469 e. The monoisotopic (exact) mass is 277 g/mol. The van der Waals surface area contributed by atoms with E-state index >= 15 is 0 Å². The molecule has 1 saturated carbocycles. The van der Waals surface area contributed by atoms with Crippen molar-refractivity contribution in [3.05, 3.63) is 24.2 Å². The average Bonchev–Trinajstić information content (AvgIpc) is 2.95. The van der Waals surface area contributed by atoms with Gasteiger partial charge in [0, 0.05) is 19.1 Å². The second kappa shape index (κ2) is 6.31. The summed E-state index contributed by atoms with van der Waals surface area (Å²) in [6.07, 6.45) is 10.3. The van der Waals surface area contributed by atoms with E-state index in [0.29, 0.717) is 6.04 Å². The van der Waals surface area contributed by atoms with Crippen LogP contribution in [-0.2, 0) is 11.2 Å². The maximum Gasteiger partial charge on any atom is 0.103 e. The van der Waals surface area contributed by atoms with Crippen molar-refractivity contribution in [3.63, 3.8) is 0 Å². The first-order valence-corrected chi connectivity index (χ1v) is 8.21. The van der Waals surface area contributed by atoms with Crippen LogP contribution < -0.4 is 5.32 Å².